The molecule has 0 heterocycles. The second-order valence-electron chi connectivity index (χ2n) is 6.04. The Hall–Kier alpha value is -2.04. The smallest absolute Gasteiger partial charge is 0.223 e. The normalized spacial score (nSPS) is 15.3. The van der Waals surface area contributed by atoms with Crippen LogP contribution in [-0.2, 0) is 4.79 Å². The van der Waals surface area contributed by atoms with Crippen molar-refractivity contribution in [2.24, 2.45) is 16.6 Å². The van der Waals surface area contributed by atoms with E-state index in [-0.39, 0.29) is 11.8 Å². The van der Waals surface area contributed by atoms with Crippen molar-refractivity contribution in [1.29, 1.82) is 0 Å². The van der Waals surface area contributed by atoms with Gasteiger partial charge < -0.3 is 16.4 Å². The number of nitrogens with two attached hydrogens (primary N) is 1. The van der Waals surface area contributed by atoms with Crippen molar-refractivity contribution >= 4 is 17.6 Å². The third kappa shape index (κ3) is 5.06. The molecule has 1 aliphatic rings. The zero-order valence-corrected chi connectivity index (χ0v) is 13.5. The van der Waals surface area contributed by atoms with Crippen LogP contribution in [0.4, 0.5) is 5.69 Å². The lowest BCUT2D eigenvalue weighted by molar-refractivity contribution is -0.127. The molecular formula is C17H26N4O. The van der Waals surface area contributed by atoms with Crippen molar-refractivity contribution in [3.63, 3.8) is 0 Å². The molecule has 1 fully saturated rings. The number of anilines is 1. The Morgan fingerprint density at radius 2 is 1.95 bits per heavy atom. The van der Waals surface area contributed by atoms with E-state index in [1.807, 2.05) is 12.1 Å². The highest BCUT2D eigenvalue weighted by atomic mass is 16.1. The van der Waals surface area contributed by atoms with Gasteiger partial charge in [0.1, 0.15) is 0 Å². The summed E-state index contributed by atoms with van der Waals surface area (Å²) in [6.45, 7) is 5.37. The highest BCUT2D eigenvalue weighted by Crippen LogP contribution is 2.26. The number of hydrogen-bond donors (Lipinski definition) is 3. The molecule has 1 aromatic rings. The first-order chi connectivity index (χ1) is 10.5. The minimum absolute atomic E-state index is 0.191. The monoisotopic (exact) mass is 302 g/mol. The van der Waals surface area contributed by atoms with Crippen LogP contribution >= 0.6 is 0 Å². The van der Waals surface area contributed by atoms with Crippen LogP contribution in [0.5, 0.6) is 0 Å². The number of hydrogen-bond acceptors (Lipinski definition) is 2. The summed E-state index contributed by atoms with van der Waals surface area (Å²) >= 11 is 0. The zero-order chi connectivity index (χ0) is 15.9. The second kappa shape index (κ2) is 7.82. The number of carbonyl (C=O) groups excluding carboxylic acids is 1. The first-order valence-corrected chi connectivity index (χ1v) is 7.97. The van der Waals surface area contributed by atoms with Gasteiger partial charge in [-0.3, -0.25) is 9.79 Å². The molecular weight excluding hydrogens is 276 g/mol. The van der Waals surface area contributed by atoms with Gasteiger partial charge in [0.2, 0.25) is 5.91 Å². The molecule has 0 spiro atoms. The molecule has 120 valence electrons. The summed E-state index contributed by atoms with van der Waals surface area (Å²) in [5.41, 5.74) is 9.21. The van der Waals surface area contributed by atoms with E-state index in [4.69, 9.17) is 5.73 Å². The number of rotatable bonds is 6. The molecule has 22 heavy (non-hydrogen) atoms. The van der Waals surface area contributed by atoms with Crippen molar-refractivity contribution < 1.29 is 4.79 Å². The van der Waals surface area contributed by atoms with Crippen LogP contribution in [0.25, 0.3) is 0 Å². The van der Waals surface area contributed by atoms with Gasteiger partial charge in [0, 0.05) is 24.7 Å². The first-order valence-electron chi connectivity index (χ1n) is 7.97. The Morgan fingerprint density at radius 1 is 1.27 bits per heavy atom. The van der Waals surface area contributed by atoms with Gasteiger partial charge in [0.05, 0.1) is 0 Å². The summed E-state index contributed by atoms with van der Waals surface area (Å²) in [4.78, 5) is 15.9. The third-order valence-corrected chi connectivity index (χ3v) is 3.89. The van der Waals surface area contributed by atoms with E-state index in [9.17, 15) is 4.79 Å². The molecule has 0 aliphatic heterocycles. The number of carbonyl (C=O) groups is 1. The number of aryl methyl sites for hydroxylation is 2. The molecule has 0 saturated heterocycles. The summed E-state index contributed by atoms with van der Waals surface area (Å²) in [5, 5.41) is 6.05. The van der Waals surface area contributed by atoms with Gasteiger partial charge in [0.25, 0.3) is 0 Å². The molecule has 1 aliphatic carbocycles. The number of nitrogens with zero attached hydrogens (tertiary/aromatic N) is 1. The molecule has 0 unspecified atom stereocenters. The van der Waals surface area contributed by atoms with Gasteiger partial charge in [-0.25, -0.2) is 0 Å². The van der Waals surface area contributed by atoms with E-state index in [0.717, 1.165) is 24.9 Å². The Labute approximate surface area is 132 Å². The predicted octanol–water partition coefficient (Wildman–Crippen LogP) is 2.34. The van der Waals surface area contributed by atoms with Crippen LogP contribution in [0.2, 0.25) is 0 Å². The standard InChI is InChI=1S/C17H26N4O/c1-12-9-13(2)11-15(10-12)21-17(18)20-8-4-7-19-16(22)14-5-3-6-14/h9-11,14H,3-8H2,1-2H3,(H,19,22)(H3,18,20,21). The van der Waals surface area contributed by atoms with Gasteiger partial charge in [-0.15, -0.1) is 0 Å². The van der Waals surface area contributed by atoms with E-state index in [0.29, 0.717) is 19.0 Å². The van der Waals surface area contributed by atoms with Crippen LogP contribution in [0.3, 0.4) is 0 Å². The predicted molar refractivity (Wildman–Crippen MR) is 91.0 cm³/mol. The van der Waals surface area contributed by atoms with Gasteiger partial charge in [-0.1, -0.05) is 12.5 Å². The number of guanidine groups is 1. The number of aliphatic imine (C=N–C) groups is 1. The van der Waals surface area contributed by atoms with Crippen molar-refractivity contribution in [2.45, 2.75) is 39.5 Å². The van der Waals surface area contributed by atoms with E-state index in [2.05, 4.69) is 35.5 Å². The molecule has 1 aromatic carbocycles. The second-order valence-corrected chi connectivity index (χ2v) is 6.04. The molecule has 1 saturated carbocycles. The molecule has 0 radical (unpaired) electrons. The van der Waals surface area contributed by atoms with E-state index in [1.54, 1.807) is 0 Å². The number of amides is 1. The largest absolute Gasteiger partial charge is 0.370 e. The maximum Gasteiger partial charge on any atom is 0.223 e. The van der Waals surface area contributed by atoms with Gasteiger partial charge >= 0.3 is 0 Å². The lowest BCUT2D eigenvalue weighted by Gasteiger charge is -2.23. The van der Waals surface area contributed by atoms with Crippen molar-refractivity contribution in [3.8, 4) is 0 Å². The maximum atomic E-state index is 11.6. The van der Waals surface area contributed by atoms with Crippen LogP contribution in [0, 0.1) is 19.8 Å². The maximum absolute atomic E-state index is 11.6. The SMILES string of the molecule is Cc1cc(C)cc(NC(N)=NCCCNC(=O)C2CCC2)c1. The Balaban J connectivity index is 1.67. The Morgan fingerprint density at radius 3 is 2.55 bits per heavy atom. The molecule has 4 N–H and O–H groups in total. The van der Waals surface area contributed by atoms with Crippen molar-refractivity contribution in [3.05, 3.63) is 29.3 Å². The highest BCUT2D eigenvalue weighted by Gasteiger charge is 2.24. The fourth-order valence-corrected chi connectivity index (χ4v) is 2.54. The molecule has 0 aromatic heterocycles. The van der Waals surface area contributed by atoms with Gasteiger partial charge in [-0.05, 0) is 56.4 Å². The molecule has 5 heteroatoms. The van der Waals surface area contributed by atoms with Crippen molar-refractivity contribution in [2.75, 3.05) is 18.4 Å². The summed E-state index contributed by atoms with van der Waals surface area (Å²) in [5.74, 6) is 0.853. The first kappa shape index (κ1) is 16.3. The topological polar surface area (TPSA) is 79.5 Å². The summed E-state index contributed by atoms with van der Waals surface area (Å²) in [6.07, 6.45) is 4.06. The molecule has 2 rings (SSSR count). The summed E-state index contributed by atoms with van der Waals surface area (Å²) < 4.78 is 0. The summed E-state index contributed by atoms with van der Waals surface area (Å²) in [6, 6.07) is 6.19. The molecule has 5 nitrogen and oxygen atoms in total. The van der Waals surface area contributed by atoms with Crippen LogP contribution in [0.1, 0.15) is 36.8 Å². The van der Waals surface area contributed by atoms with E-state index < -0.39 is 0 Å². The quantitative estimate of drug-likeness (QED) is 0.429. The summed E-state index contributed by atoms with van der Waals surface area (Å²) in [7, 11) is 0. The van der Waals surface area contributed by atoms with E-state index in [1.165, 1.54) is 17.5 Å². The molecule has 0 bridgehead atoms. The minimum atomic E-state index is 0.191. The minimum Gasteiger partial charge on any atom is -0.370 e. The molecule has 1 amide bonds. The zero-order valence-electron chi connectivity index (χ0n) is 13.5. The average molecular weight is 302 g/mol. The third-order valence-electron chi connectivity index (χ3n) is 3.89. The van der Waals surface area contributed by atoms with Crippen molar-refractivity contribution in [1.82, 2.24) is 5.32 Å². The number of benzene rings is 1. The van der Waals surface area contributed by atoms with Crippen LogP contribution in [-0.4, -0.2) is 25.0 Å². The fourth-order valence-electron chi connectivity index (χ4n) is 2.54. The Bertz CT molecular complexity index is 529. The van der Waals surface area contributed by atoms with Crippen LogP contribution < -0.4 is 16.4 Å². The Kier molecular flexibility index (Phi) is 5.81. The van der Waals surface area contributed by atoms with E-state index >= 15 is 0 Å². The lowest BCUT2D eigenvalue weighted by atomic mass is 9.85. The average Bonchev–Trinajstić information content (AvgIpc) is 2.34. The van der Waals surface area contributed by atoms with Gasteiger partial charge in [0.15, 0.2) is 5.96 Å². The number of nitrogens with one attached hydrogen (secondary N) is 2. The molecule has 0 atom stereocenters. The highest BCUT2D eigenvalue weighted by molar-refractivity contribution is 5.92. The van der Waals surface area contributed by atoms with Gasteiger partial charge in [-0.2, -0.15) is 0 Å². The van der Waals surface area contributed by atoms with Crippen LogP contribution in [0.15, 0.2) is 23.2 Å². The lowest BCUT2D eigenvalue weighted by Crippen LogP contribution is -2.35. The fraction of sp³-hybridized carbons (Fsp3) is 0.529.